The average Bonchev–Trinajstić information content (AvgIpc) is 3.01. The van der Waals surface area contributed by atoms with Crippen molar-refractivity contribution in [3.05, 3.63) is 149 Å². The van der Waals surface area contributed by atoms with Crippen LogP contribution in [-0.4, -0.2) is 36.5 Å². The van der Waals surface area contributed by atoms with Crippen molar-refractivity contribution in [3.8, 4) is 0 Å². The summed E-state index contributed by atoms with van der Waals surface area (Å²) in [6.45, 7) is 17.1. The molecule has 0 aromatic heterocycles. The Kier molecular flexibility index (Phi) is 10.5. The van der Waals surface area contributed by atoms with E-state index in [1.807, 2.05) is 0 Å². The van der Waals surface area contributed by atoms with Crippen LogP contribution in [0.2, 0.25) is 0 Å². The molecule has 0 amide bonds. The SMILES string of the molecule is CCN(CC)c1ccc(C(/C=C\C=C(c2ccc(C)cc2)c2ccc(C)cc2)=C2C=CC(=[N+](CC)CC)C=C2)cc1. The van der Waals surface area contributed by atoms with Crippen LogP contribution in [0.4, 0.5) is 5.69 Å². The van der Waals surface area contributed by atoms with Gasteiger partial charge in [-0.25, -0.2) is 4.58 Å². The van der Waals surface area contributed by atoms with Gasteiger partial charge in [0.2, 0.25) is 0 Å². The Morgan fingerprint density at radius 3 is 1.59 bits per heavy atom. The van der Waals surface area contributed by atoms with Crippen molar-refractivity contribution in [2.45, 2.75) is 41.5 Å². The Hall–Kier alpha value is -4.17. The van der Waals surface area contributed by atoms with Gasteiger partial charge in [0.05, 0.1) is 0 Å². The van der Waals surface area contributed by atoms with E-state index < -0.39 is 0 Å². The van der Waals surface area contributed by atoms with Crippen LogP contribution in [-0.2, 0) is 0 Å². The molecule has 0 spiro atoms. The molecular weight excluding hydrogens is 496 g/mol. The third-order valence-corrected chi connectivity index (χ3v) is 7.86. The summed E-state index contributed by atoms with van der Waals surface area (Å²) in [4.78, 5) is 2.39. The van der Waals surface area contributed by atoms with Crippen LogP contribution in [0.25, 0.3) is 11.1 Å². The quantitative estimate of drug-likeness (QED) is 0.183. The zero-order chi connectivity index (χ0) is 29.2. The second-order valence-corrected chi connectivity index (χ2v) is 10.5. The van der Waals surface area contributed by atoms with E-state index in [0.717, 1.165) is 26.2 Å². The van der Waals surface area contributed by atoms with Gasteiger partial charge in [0.15, 0.2) is 5.71 Å². The number of rotatable bonds is 10. The van der Waals surface area contributed by atoms with E-state index in [0.29, 0.717) is 0 Å². The second-order valence-electron chi connectivity index (χ2n) is 10.5. The predicted molar refractivity (Wildman–Crippen MR) is 180 cm³/mol. The largest absolute Gasteiger partial charge is 0.372 e. The van der Waals surface area contributed by atoms with E-state index in [-0.39, 0.29) is 0 Å². The lowest BCUT2D eigenvalue weighted by Gasteiger charge is -2.21. The summed E-state index contributed by atoms with van der Waals surface area (Å²) in [5.41, 5.74) is 12.4. The third-order valence-electron chi connectivity index (χ3n) is 7.86. The smallest absolute Gasteiger partial charge is 0.199 e. The van der Waals surface area contributed by atoms with Crippen molar-refractivity contribution in [3.63, 3.8) is 0 Å². The molecule has 4 rings (SSSR count). The number of hydrogen-bond donors (Lipinski definition) is 0. The number of allylic oxidation sites excluding steroid dienone is 9. The summed E-state index contributed by atoms with van der Waals surface area (Å²) in [5, 5.41) is 0. The predicted octanol–water partition coefficient (Wildman–Crippen LogP) is 9.21. The van der Waals surface area contributed by atoms with Gasteiger partial charge in [-0.1, -0.05) is 90.0 Å². The molecule has 1 aliphatic carbocycles. The molecule has 0 aliphatic heterocycles. The number of hydrogen-bond acceptors (Lipinski definition) is 1. The lowest BCUT2D eigenvalue weighted by Crippen LogP contribution is -2.21. The molecular formula is C39H45N2+. The van der Waals surface area contributed by atoms with Crippen LogP contribution in [0.5, 0.6) is 0 Å². The van der Waals surface area contributed by atoms with Crippen molar-refractivity contribution >= 4 is 22.5 Å². The van der Waals surface area contributed by atoms with Crippen LogP contribution in [0, 0.1) is 13.8 Å². The van der Waals surface area contributed by atoms with Crippen LogP contribution >= 0.6 is 0 Å². The van der Waals surface area contributed by atoms with Gasteiger partial charge in [-0.15, -0.1) is 0 Å². The van der Waals surface area contributed by atoms with E-state index in [2.05, 4.69) is 166 Å². The summed E-state index contributed by atoms with van der Waals surface area (Å²) in [6.07, 6.45) is 15.7. The van der Waals surface area contributed by atoms with Gasteiger partial charge in [0.1, 0.15) is 13.1 Å². The number of nitrogens with zero attached hydrogens (tertiary/aromatic N) is 2. The van der Waals surface area contributed by atoms with Crippen molar-refractivity contribution < 1.29 is 4.58 Å². The fraction of sp³-hybridized carbons (Fsp3) is 0.256. The molecule has 210 valence electrons. The van der Waals surface area contributed by atoms with E-state index >= 15 is 0 Å². The molecule has 1 aliphatic rings. The van der Waals surface area contributed by atoms with E-state index in [9.17, 15) is 0 Å². The minimum absolute atomic E-state index is 1.00. The van der Waals surface area contributed by atoms with Gasteiger partial charge in [-0.3, -0.25) is 0 Å². The molecule has 0 N–H and O–H groups in total. The first-order valence-corrected chi connectivity index (χ1v) is 15.1. The Morgan fingerprint density at radius 1 is 0.634 bits per heavy atom. The first-order valence-electron chi connectivity index (χ1n) is 15.1. The molecule has 0 bridgehead atoms. The molecule has 0 saturated heterocycles. The highest BCUT2D eigenvalue weighted by Crippen LogP contribution is 2.28. The third kappa shape index (κ3) is 7.52. The maximum Gasteiger partial charge on any atom is 0.199 e. The first-order chi connectivity index (χ1) is 20.0. The van der Waals surface area contributed by atoms with Gasteiger partial charge in [-0.05, 0) is 99.2 Å². The monoisotopic (exact) mass is 541 g/mol. The van der Waals surface area contributed by atoms with E-state index in [1.165, 1.54) is 55.9 Å². The van der Waals surface area contributed by atoms with E-state index in [1.54, 1.807) is 0 Å². The van der Waals surface area contributed by atoms with Gasteiger partial charge in [0.25, 0.3) is 0 Å². The van der Waals surface area contributed by atoms with Crippen molar-refractivity contribution in [1.29, 1.82) is 0 Å². The van der Waals surface area contributed by atoms with Crippen molar-refractivity contribution in [2.75, 3.05) is 31.1 Å². The van der Waals surface area contributed by atoms with Gasteiger partial charge in [0, 0.05) is 30.9 Å². The summed E-state index contributed by atoms with van der Waals surface area (Å²) in [6, 6.07) is 26.7. The maximum atomic E-state index is 2.39. The molecule has 0 unspecified atom stereocenters. The summed E-state index contributed by atoms with van der Waals surface area (Å²) < 4.78 is 2.39. The normalized spacial score (nSPS) is 12.6. The number of aryl methyl sites for hydroxylation is 2. The standard InChI is InChI=1S/C39H45N2/c1-7-40(8-2)36-26-22-34(23-27-36)39(35-24-28-37(29-25-35)41(9-3)10-4)13-11-12-38(32-18-14-30(5)15-19-32)33-20-16-31(6)17-21-33/h11-29H,7-10H2,1-6H3/q+1/b13-11-. The van der Waals surface area contributed by atoms with Gasteiger partial charge >= 0.3 is 0 Å². The molecule has 2 nitrogen and oxygen atoms in total. The summed E-state index contributed by atoms with van der Waals surface area (Å²) in [5.74, 6) is 0. The Morgan fingerprint density at radius 2 is 1.12 bits per heavy atom. The summed E-state index contributed by atoms with van der Waals surface area (Å²) in [7, 11) is 0. The maximum absolute atomic E-state index is 2.39. The molecule has 0 heterocycles. The molecule has 2 heteroatoms. The van der Waals surface area contributed by atoms with Crippen LogP contribution in [0.3, 0.4) is 0 Å². The Labute approximate surface area is 248 Å². The zero-order valence-corrected chi connectivity index (χ0v) is 25.7. The fourth-order valence-electron chi connectivity index (χ4n) is 5.31. The Balaban J connectivity index is 1.79. The number of benzene rings is 3. The van der Waals surface area contributed by atoms with Crippen molar-refractivity contribution in [2.24, 2.45) is 0 Å². The fourth-order valence-corrected chi connectivity index (χ4v) is 5.31. The molecule has 41 heavy (non-hydrogen) atoms. The molecule has 3 aromatic carbocycles. The van der Waals surface area contributed by atoms with E-state index in [4.69, 9.17) is 0 Å². The average molecular weight is 542 g/mol. The molecule has 0 saturated carbocycles. The topological polar surface area (TPSA) is 6.25 Å². The molecule has 0 radical (unpaired) electrons. The molecule has 3 aromatic rings. The van der Waals surface area contributed by atoms with Crippen molar-refractivity contribution in [1.82, 2.24) is 0 Å². The molecule has 0 atom stereocenters. The highest BCUT2D eigenvalue weighted by atomic mass is 15.1. The van der Waals surface area contributed by atoms with Gasteiger partial charge < -0.3 is 4.90 Å². The highest BCUT2D eigenvalue weighted by molar-refractivity contribution is 6.03. The van der Waals surface area contributed by atoms with Crippen LogP contribution in [0.1, 0.15) is 55.5 Å². The molecule has 0 fully saturated rings. The minimum atomic E-state index is 1.00. The van der Waals surface area contributed by atoms with Crippen LogP contribution in [0.15, 0.2) is 121 Å². The van der Waals surface area contributed by atoms with Gasteiger partial charge in [-0.2, -0.15) is 0 Å². The summed E-state index contributed by atoms with van der Waals surface area (Å²) >= 11 is 0. The lowest BCUT2D eigenvalue weighted by atomic mass is 9.94. The second kappa shape index (κ2) is 14.5. The highest BCUT2D eigenvalue weighted by Gasteiger charge is 2.12. The van der Waals surface area contributed by atoms with Crippen LogP contribution < -0.4 is 4.90 Å². The zero-order valence-electron chi connectivity index (χ0n) is 25.7. The Bertz CT molecular complexity index is 1410. The lowest BCUT2D eigenvalue weighted by molar-refractivity contribution is -0.519. The minimum Gasteiger partial charge on any atom is -0.372 e. The number of anilines is 1. The first kappa shape index (κ1) is 29.8.